The fourth-order valence-corrected chi connectivity index (χ4v) is 3.31. The highest BCUT2D eigenvalue weighted by Crippen LogP contribution is 2.32. The van der Waals surface area contributed by atoms with Gasteiger partial charge in [0.05, 0.1) is 5.69 Å². The van der Waals surface area contributed by atoms with E-state index in [4.69, 9.17) is 0 Å². The third-order valence-electron chi connectivity index (χ3n) is 4.92. The smallest absolute Gasteiger partial charge is 0.319 e. The Morgan fingerprint density at radius 2 is 1.81 bits per heavy atom. The average molecular weight is 443 g/mol. The number of halogens is 4. The largest absolute Gasteiger partial charge is 0.433 e. The highest BCUT2D eigenvalue weighted by Gasteiger charge is 2.36. The molecule has 0 unspecified atom stereocenters. The zero-order valence-electron chi connectivity index (χ0n) is 17.0. The molecule has 4 aromatic rings. The summed E-state index contributed by atoms with van der Waals surface area (Å²) in [7, 11) is 0. The molecule has 0 fully saturated rings. The Bertz CT molecular complexity index is 1310. The predicted molar refractivity (Wildman–Crippen MR) is 110 cm³/mol. The molecule has 0 aliphatic carbocycles. The van der Waals surface area contributed by atoms with Crippen LogP contribution in [0, 0.1) is 12.7 Å². The van der Waals surface area contributed by atoms with Crippen molar-refractivity contribution in [2.45, 2.75) is 26.4 Å². The average Bonchev–Trinajstić information content (AvgIpc) is 3.18. The second-order valence-electron chi connectivity index (χ2n) is 7.10. The molecule has 2 aromatic carbocycles. The minimum Gasteiger partial charge on any atom is -0.319 e. The Labute approximate surface area is 179 Å². The fraction of sp³-hybridized carbons (Fsp3) is 0.182. The number of nitrogens with one attached hydrogen (secondary N) is 1. The molecule has 0 spiro atoms. The summed E-state index contributed by atoms with van der Waals surface area (Å²) in [6.45, 7) is 3.73. The number of anilines is 1. The molecule has 0 saturated heterocycles. The Balaban J connectivity index is 1.79. The standard InChI is InChI=1S/C22H17F4N5O/c1-3-13-6-4-5-12(2)18(13)28-20(32)19-29-21-27-16(14-7-9-15(23)10-8-14)11-17(22(24,25)26)31(21)30-19/h4-11H,3H2,1-2H3,(H,28,32). The van der Waals surface area contributed by atoms with E-state index >= 15 is 0 Å². The highest BCUT2D eigenvalue weighted by molar-refractivity contribution is 6.02. The van der Waals surface area contributed by atoms with Gasteiger partial charge in [-0.05, 0) is 54.8 Å². The number of carbonyl (C=O) groups is 1. The third kappa shape index (κ3) is 4.03. The van der Waals surface area contributed by atoms with E-state index in [0.717, 1.165) is 29.3 Å². The summed E-state index contributed by atoms with van der Waals surface area (Å²) in [4.78, 5) is 20.8. The molecule has 0 aliphatic heterocycles. The molecule has 4 rings (SSSR count). The van der Waals surface area contributed by atoms with Gasteiger partial charge in [-0.2, -0.15) is 22.7 Å². The van der Waals surface area contributed by atoms with Crippen LogP contribution in [0.5, 0.6) is 0 Å². The van der Waals surface area contributed by atoms with E-state index in [9.17, 15) is 22.4 Å². The van der Waals surface area contributed by atoms with E-state index in [-0.39, 0.29) is 11.3 Å². The van der Waals surface area contributed by atoms with Gasteiger partial charge in [-0.25, -0.2) is 9.37 Å². The molecule has 10 heteroatoms. The minimum absolute atomic E-state index is 0.0728. The number of carbonyl (C=O) groups excluding carboxylic acids is 1. The van der Waals surface area contributed by atoms with Gasteiger partial charge < -0.3 is 5.32 Å². The minimum atomic E-state index is -4.79. The number of benzene rings is 2. The summed E-state index contributed by atoms with van der Waals surface area (Å²) in [6, 6.07) is 11.1. The number of rotatable bonds is 4. The van der Waals surface area contributed by atoms with Gasteiger partial charge in [-0.1, -0.05) is 25.1 Å². The van der Waals surface area contributed by atoms with Crippen molar-refractivity contribution >= 4 is 17.4 Å². The maximum Gasteiger partial charge on any atom is 0.433 e. The van der Waals surface area contributed by atoms with E-state index in [1.54, 1.807) is 0 Å². The maximum absolute atomic E-state index is 13.7. The van der Waals surface area contributed by atoms with E-state index in [1.165, 1.54) is 12.1 Å². The van der Waals surface area contributed by atoms with Crippen LogP contribution in [-0.2, 0) is 12.6 Å². The van der Waals surface area contributed by atoms with Gasteiger partial charge in [0.1, 0.15) is 5.82 Å². The number of alkyl halides is 3. The van der Waals surface area contributed by atoms with Crippen molar-refractivity contribution in [2.75, 3.05) is 5.32 Å². The lowest BCUT2D eigenvalue weighted by molar-refractivity contribution is -0.142. The number of amides is 1. The van der Waals surface area contributed by atoms with Crippen molar-refractivity contribution in [1.82, 2.24) is 19.6 Å². The fourth-order valence-electron chi connectivity index (χ4n) is 3.31. The van der Waals surface area contributed by atoms with Gasteiger partial charge in [0, 0.05) is 11.3 Å². The molecular weight excluding hydrogens is 426 g/mol. The summed E-state index contributed by atoms with van der Waals surface area (Å²) < 4.78 is 54.8. The number of hydrogen-bond acceptors (Lipinski definition) is 4. The van der Waals surface area contributed by atoms with Crippen LogP contribution < -0.4 is 5.32 Å². The van der Waals surface area contributed by atoms with Crippen LogP contribution in [0.3, 0.4) is 0 Å². The first-order chi connectivity index (χ1) is 15.2. The number of aryl methyl sites for hydroxylation is 2. The zero-order chi connectivity index (χ0) is 23.0. The van der Waals surface area contributed by atoms with Gasteiger partial charge in [0.25, 0.3) is 11.7 Å². The number of aromatic nitrogens is 4. The van der Waals surface area contributed by atoms with Crippen LogP contribution in [0.15, 0.2) is 48.5 Å². The molecule has 2 heterocycles. The first-order valence-corrected chi connectivity index (χ1v) is 9.68. The molecular formula is C22H17F4N5O. The first kappa shape index (κ1) is 21.4. The number of hydrogen-bond donors (Lipinski definition) is 1. The molecule has 1 amide bonds. The van der Waals surface area contributed by atoms with Crippen LogP contribution in [0.25, 0.3) is 17.0 Å². The molecule has 0 atom stereocenters. The van der Waals surface area contributed by atoms with Crippen molar-refractivity contribution in [3.8, 4) is 11.3 Å². The summed E-state index contributed by atoms with van der Waals surface area (Å²) in [5.41, 5.74) is 1.27. The van der Waals surface area contributed by atoms with Crippen LogP contribution in [0.2, 0.25) is 0 Å². The lowest BCUT2D eigenvalue weighted by atomic mass is 10.1. The Hall–Kier alpha value is -3.82. The van der Waals surface area contributed by atoms with Crippen molar-refractivity contribution in [2.24, 2.45) is 0 Å². The summed E-state index contributed by atoms with van der Waals surface area (Å²) in [6.07, 6.45) is -4.14. The molecule has 2 aromatic heterocycles. The number of fused-ring (bicyclic) bond motifs is 1. The monoisotopic (exact) mass is 443 g/mol. The van der Waals surface area contributed by atoms with E-state index in [0.29, 0.717) is 16.6 Å². The predicted octanol–water partition coefficient (Wildman–Crippen LogP) is 5.07. The second-order valence-corrected chi connectivity index (χ2v) is 7.10. The quantitative estimate of drug-likeness (QED) is 0.447. The number of nitrogens with zero attached hydrogens (tertiary/aromatic N) is 4. The summed E-state index contributed by atoms with van der Waals surface area (Å²) >= 11 is 0. The summed E-state index contributed by atoms with van der Waals surface area (Å²) in [5, 5.41) is 6.45. The summed E-state index contributed by atoms with van der Waals surface area (Å²) in [5.74, 6) is -2.14. The van der Waals surface area contributed by atoms with Crippen LogP contribution in [0.4, 0.5) is 23.2 Å². The maximum atomic E-state index is 13.7. The molecule has 0 radical (unpaired) electrons. The van der Waals surface area contributed by atoms with Crippen LogP contribution in [-0.4, -0.2) is 25.5 Å². The lowest BCUT2D eigenvalue weighted by Crippen LogP contribution is -2.17. The highest BCUT2D eigenvalue weighted by atomic mass is 19.4. The third-order valence-corrected chi connectivity index (χ3v) is 4.92. The van der Waals surface area contributed by atoms with E-state index in [1.807, 2.05) is 32.0 Å². The molecule has 0 saturated carbocycles. The van der Waals surface area contributed by atoms with Crippen molar-refractivity contribution in [3.05, 3.63) is 77.0 Å². The molecule has 6 nitrogen and oxygen atoms in total. The lowest BCUT2D eigenvalue weighted by Gasteiger charge is -2.11. The molecule has 164 valence electrons. The molecule has 0 bridgehead atoms. The van der Waals surface area contributed by atoms with E-state index < -0.39 is 35.2 Å². The van der Waals surface area contributed by atoms with Gasteiger partial charge in [0.15, 0.2) is 5.69 Å². The Morgan fingerprint density at radius 1 is 1.09 bits per heavy atom. The van der Waals surface area contributed by atoms with E-state index in [2.05, 4.69) is 20.4 Å². The SMILES string of the molecule is CCc1cccc(C)c1NC(=O)c1nc2nc(-c3ccc(F)cc3)cc(C(F)(F)F)n2n1. The van der Waals surface area contributed by atoms with Gasteiger partial charge in [-0.15, -0.1) is 5.10 Å². The molecule has 32 heavy (non-hydrogen) atoms. The number of para-hydroxylation sites is 1. The van der Waals surface area contributed by atoms with Gasteiger partial charge in [0.2, 0.25) is 5.82 Å². The Kier molecular flexibility index (Phi) is 5.37. The van der Waals surface area contributed by atoms with Gasteiger partial charge in [-0.3, -0.25) is 4.79 Å². The first-order valence-electron chi connectivity index (χ1n) is 9.68. The Morgan fingerprint density at radius 3 is 2.47 bits per heavy atom. The van der Waals surface area contributed by atoms with Crippen LogP contribution >= 0.6 is 0 Å². The van der Waals surface area contributed by atoms with Crippen LogP contribution in [0.1, 0.15) is 34.4 Å². The van der Waals surface area contributed by atoms with Crippen molar-refractivity contribution in [3.63, 3.8) is 0 Å². The zero-order valence-corrected chi connectivity index (χ0v) is 17.0. The second kappa shape index (κ2) is 8.03. The topological polar surface area (TPSA) is 72.2 Å². The van der Waals surface area contributed by atoms with Crippen molar-refractivity contribution < 1.29 is 22.4 Å². The molecule has 0 aliphatic rings. The normalized spacial score (nSPS) is 11.7. The molecule has 1 N–H and O–H groups in total. The van der Waals surface area contributed by atoms with Crippen molar-refractivity contribution in [1.29, 1.82) is 0 Å². The van der Waals surface area contributed by atoms with Gasteiger partial charge >= 0.3 is 6.18 Å².